The van der Waals surface area contributed by atoms with Crippen LogP contribution >= 0.6 is 0 Å². The molecule has 2 nitrogen and oxygen atoms in total. The molecule has 2 rings (SSSR count). The first-order valence-corrected chi connectivity index (χ1v) is 5.23. The lowest BCUT2D eigenvalue weighted by molar-refractivity contribution is -0.255. The summed E-state index contributed by atoms with van der Waals surface area (Å²) in [7, 11) is 0. The van der Waals surface area contributed by atoms with E-state index in [9.17, 15) is 26.7 Å². The first-order chi connectivity index (χ1) is 8.66. The third-order valence-corrected chi connectivity index (χ3v) is 2.76. The van der Waals surface area contributed by atoms with Gasteiger partial charge in [0.25, 0.3) is 0 Å². The van der Waals surface area contributed by atoms with Crippen LogP contribution in [0.1, 0.15) is 16.1 Å². The normalized spacial score (nSPS) is 12.9. The number of rotatable bonds is 2. The van der Waals surface area contributed by atoms with Crippen LogP contribution in [0.2, 0.25) is 0 Å². The zero-order valence-corrected chi connectivity index (χ0v) is 9.61. The summed E-state index contributed by atoms with van der Waals surface area (Å²) >= 11 is 0. The van der Waals surface area contributed by atoms with Gasteiger partial charge in [0.15, 0.2) is 0 Å². The Balaban J connectivity index is 2.63. The molecule has 0 unspecified atom stereocenters. The van der Waals surface area contributed by atoms with Crippen LogP contribution in [-0.4, -0.2) is 22.9 Å². The molecule has 0 spiro atoms. The molecule has 7 heteroatoms. The second-order valence-electron chi connectivity index (χ2n) is 4.07. The predicted octanol–water partition coefficient (Wildman–Crippen LogP) is 3.86. The first kappa shape index (κ1) is 13.5. The molecule has 0 saturated carbocycles. The number of Topliss-reactive ketones (excluding diaryl/α,β-unsaturated/α-hetero) is 1. The number of aryl methyl sites for hydroxylation is 1. The molecule has 1 N–H and O–H groups in total. The lowest BCUT2D eigenvalue weighted by Crippen LogP contribution is -2.44. The molecular weight excluding hydrogens is 269 g/mol. The highest BCUT2D eigenvalue weighted by atomic mass is 19.4. The number of hydrogen-bond acceptors (Lipinski definition) is 1. The number of aromatic amines is 1. The van der Waals surface area contributed by atoms with E-state index in [4.69, 9.17) is 0 Å². The van der Waals surface area contributed by atoms with Crippen LogP contribution < -0.4 is 0 Å². The average Bonchev–Trinajstić information content (AvgIpc) is 2.62. The van der Waals surface area contributed by atoms with Gasteiger partial charge in [-0.05, 0) is 13.0 Å². The molecule has 0 fully saturated rings. The van der Waals surface area contributed by atoms with Crippen LogP contribution in [-0.2, 0) is 0 Å². The number of halogens is 5. The monoisotopic (exact) mass is 277 g/mol. The van der Waals surface area contributed by atoms with Crippen LogP contribution in [0.15, 0.2) is 24.3 Å². The Bertz CT molecular complexity index is 641. The smallest absolute Gasteiger partial charge is 0.358 e. The Hall–Kier alpha value is -1.92. The number of aromatic nitrogens is 1. The van der Waals surface area contributed by atoms with Crippen LogP contribution in [0.3, 0.4) is 0 Å². The fourth-order valence-electron chi connectivity index (χ4n) is 1.85. The average molecular weight is 277 g/mol. The molecule has 19 heavy (non-hydrogen) atoms. The van der Waals surface area contributed by atoms with E-state index in [1.807, 2.05) is 0 Å². The summed E-state index contributed by atoms with van der Waals surface area (Å²) < 4.78 is 62.9. The summed E-state index contributed by atoms with van der Waals surface area (Å²) in [6.07, 6.45) is -5.91. The van der Waals surface area contributed by atoms with Gasteiger partial charge in [0, 0.05) is 16.6 Å². The molecule has 0 atom stereocenters. The van der Waals surface area contributed by atoms with Gasteiger partial charge >= 0.3 is 12.1 Å². The molecular formula is C12H8F5NO. The summed E-state index contributed by atoms with van der Waals surface area (Å²) in [5, 5.41) is 0.0499. The van der Waals surface area contributed by atoms with Gasteiger partial charge in [-0.15, -0.1) is 0 Å². The summed E-state index contributed by atoms with van der Waals surface area (Å²) in [5.74, 6) is -7.64. The van der Waals surface area contributed by atoms with Gasteiger partial charge in [0.05, 0.1) is 5.56 Å². The summed E-state index contributed by atoms with van der Waals surface area (Å²) in [6, 6.07) is 5.84. The number of nitrogens with one attached hydrogen (secondary N) is 1. The van der Waals surface area contributed by atoms with Crippen molar-refractivity contribution in [3.63, 3.8) is 0 Å². The SMILES string of the molecule is Cc1[nH]c2ccccc2c1C(=O)C(F)(F)C(F)(F)F. The van der Waals surface area contributed by atoms with Crippen molar-refractivity contribution >= 4 is 16.7 Å². The van der Waals surface area contributed by atoms with Gasteiger partial charge < -0.3 is 4.98 Å². The van der Waals surface area contributed by atoms with Crippen molar-refractivity contribution in [1.82, 2.24) is 4.98 Å². The molecule has 1 heterocycles. The number of benzene rings is 1. The maximum atomic E-state index is 13.1. The van der Waals surface area contributed by atoms with Gasteiger partial charge in [0.1, 0.15) is 0 Å². The number of ketones is 1. The number of alkyl halides is 5. The van der Waals surface area contributed by atoms with E-state index in [0.717, 1.165) is 0 Å². The summed E-state index contributed by atoms with van der Waals surface area (Å²) in [4.78, 5) is 14.1. The fourth-order valence-corrected chi connectivity index (χ4v) is 1.85. The van der Waals surface area contributed by atoms with Crippen molar-refractivity contribution < 1.29 is 26.7 Å². The number of carbonyl (C=O) groups is 1. The zero-order chi connectivity index (χ0) is 14.4. The van der Waals surface area contributed by atoms with Gasteiger partial charge in [0.2, 0.25) is 5.78 Å². The standard InChI is InChI=1S/C12H8F5NO/c1-6-9(7-4-2-3-5-8(7)18-6)10(19)11(13,14)12(15,16)17/h2-5,18H,1H3. The molecule has 0 aliphatic heterocycles. The number of H-pyrrole nitrogens is 1. The van der Waals surface area contributed by atoms with Crippen molar-refractivity contribution in [3.8, 4) is 0 Å². The van der Waals surface area contributed by atoms with Gasteiger partial charge in [-0.25, -0.2) is 0 Å². The van der Waals surface area contributed by atoms with Crippen LogP contribution in [0.25, 0.3) is 10.9 Å². The Morgan fingerprint density at radius 2 is 1.68 bits per heavy atom. The Morgan fingerprint density at radius 3 is 2.26 bits per heavy atom. The highest BCUT2D eigenvalue weighted by molar-refractivity contribution is 6.12. The second-order valence-corrected chi connectivity index (χ2v) is 4.07. The minimum absolute atomic E-state index is 0.0184. The van der Waals surface area contributed by atoms with E-state index in [-0.39, 0.29) is 11.1 Å². The van der Waals surface area contributed by atoms with Crippen LogP contribution in [0, 0.1) is 6.92 Å². The number of hydrogen-bond donors (Lipinski definition) is 1. The summed E-state index contributed by atoms with van der Waals surface area (Å²) in [5.41, 5.74) is -0.311. The van der Waals surface area contributed by atoms with E-state index < -0.39 is 23.4 Å². The molecule has 0 bridgehead atoms. The second kappa shape index (κ2) is 4.04. The van der Waals surface area contributed by atoms with E-state index in [2.05, 4.69) is 4.98 Å². The van der Waals surface area contributed by atoms with Crippen molar-refractivity contribution in [3.05, 3.63) is 35.5 Å². The van der Waals surface area contributed by atoms with Gasteiger partial charge in [-0.1, -0.05) is 18.2 Å². The maximum absolute atomic E-state index is 13.1. The van der Waals surface area contributed by atoms with Crippen molar-refractivity contribution in [1.29, 1.82) is 0 Å². The third-order valence-electron chi connectivity index (χ3n) is 2.76. The third kappa shape index (κ3) is 1.98. The minimum atomic E-state index is -5.91. The Kier molecular flexibility index (Phi) is 2.87. The van der Waals surface area contributed by atoms with Crippen molar-refractivity contribution in [2.75, 3.05) is 0 Å². The number of fused-ring (bicyclic) bond motifs is 1. The fraction of sp³-hybridized carbons (Fsp3) is 0.250. The largest absolute Gasteiger partial charge is 0.461 e. The van der Waals surface area contributed by atoms with E-state index >= 15 is 0 Å². The number of carbonyl (C=O) groups excluding carboxylic acids is 1. The molecule has 102 valence electrons. The first-order valence-electron chi connectivity index (χ1n) is 5.23. The van der Waals surface area contributed by atoms with E-state index in [1.165, 1.54) is 25.1 Å². The maximum Gasteiger partial charge on any atom is 0.461 e. The molecule has 0 radical (unpaired) electrons. The Morgan fingerprint density at radius 1 is 1.11 bits per heavy atom. The van der Waals surface area contributed by atoms with Crippen molar-refractivity contribution in [2.24, 2.45) is 0 Å². The van der Waals surface area contributed by atoms with Gasteiger partial charge in [-0.2, -0.15) is 22.0 Å². The van der Waals surface area contributed by atoms with Gasteiger partial charge in [-0.3, -0.25) is 4.79 Å². The molecule has 0 aliphatic rings. The van der Waals surface area contributed by atoms with Crippen molar-refractivity contribution in [2.45, 2.75) is 19.0 Å². The van der Waals surface area contributed by atoms with E-state index in [0.29, 0.717) is 5.52 Å². The highest BCUT2D eigenvalue weighted by Gasteiger charge is 2.63. The molecule has 1 aromatic heterocycles. The Labute approximate surface area is 104 Å². The van der Waals surface area contributed by atoms with Crippen LogP contribution in [0.4, 0.5) is 22.0 Å². The van der Waals surface area contributed by atoms with Crippen LogP contribution in [0.5, 0.6) is 0 Å². The molecule has 0 saturated heterocycles. The molecule has 0 amide bonds. The molecule has 0 aliphatic carbocycles. The number of para-hydroxylation sites is 1. The topological polar surface area (TPSA) is 32.9 Å². The lowest BCUT2D eigenvalue weighted by atomic mass is 10.0. The highest BCUT2D eigenvalue weighted by Crippen LogP contribution is 2.39. The molecule has 2 aromatic rings. The lowest BCUT2D eigenvalue weighted by Gasteiger charge is -2.18. The van der Waals surface area contributed by atoms with E-state index in [1.54, 1.807) is 6.07 Å². The molecule has 1 aromatic carbocycles. The minimum Gasteiger partial charge on any atom is -0.358 e. The summed E-state index contributed by atoms with van der Waals surface area (Å²) in [6.45, 7) is 1.28. The quantitative estimate of drug-likeness (QED) is 0.656. The zero-order valence-electron chi connectivity index (χ0n) is 9.61. The predicted molar refractivity (Wildman–Crippen MR) is 58.4 cm³/mol.